The maximum Gasteiger partial charge on any atom is 0.173 e. The van der Waals surface area contributed by atoms with Crippen molar-refractivity contribution in [1.29, 1.82) is 0 Å². The third-order valence-corrected chi connectivity index (χ3v) is 13.7. The Bertz CT molecular complexity index is 296. The average molecular weight is 447 g/mol. The zero-order valence-electron chi connectivity index (χ0n) is 16.9. The summed E-state index contributed by atoms with van der Waals surface area (Å²) in [6.07, 6.45) is 10.0. The van der Waals surface area contributed by atoms with Gasteiger partial charge < -0.3 is 18.2 Å². The monoisotopic (exact) mass is 446 g/mol. The van der Waals surface area contributed by atoms with Gasteiger partial charge in [0.1, 0.15) is 0 Å². The summed E-state index contributed by atoms with van der Waals surface area (Å²) in [4.78, 5) is 0. The fourth-order valence-corrected chi connectivity index (χ4v) is 9.50. The van der Waals surface area contributed by atoms with Gasteiger partial charge in [0, 0.05) is 0 Å². The van der Waals surface area contributed by atoms with Crippen molar-refractivity contribution < 1.29 is 18.2 Å². The quantitative estimate of drug-likeness (QED) is 0.186. The molecule has 6 unspecified atom stereocenters. The second-order valence-electron chi connectivity index (χ2n) is 6.80. The molecule has 0 saturated carbocycles. The van der Waals surface area contributed by atoms with Crippen molar-refractivity contribution in [3.8, 4) is 0 Å². The molecule has 0 bridgehead atoms. The fourth-order valence-electron chi connectivity index (χ4n) is 2.30. The molecule has 0 saturated heterocycles. The highest BCUT2D eigenvalue weighted by molar-refractivity contribution is 8.67. The van der Waals surface area contributed by atoms with Crippen molar-refractivity contribution in [3.05, 3.63) is 0 Å². The van der Waals surface area contributed by atoms with Crippen molar-refractivity contribution in [2.75, 3.05) is 11.5 Å². The average Bonchev–Trinajstić information content (AvgIpc) is 2.66. The first-order valence-corrected chi connectivity index (χ1v) is 16.0. The molecule has 6 atom stereocenters. The van der Waals surface area contributed by atoms with E-state index in [2.05, 4.69) is 0 Å². The smallest absolute Gasteiger partial charge is 0.173 e. The Hall–Kier alpha value is 1.24. The van der Waals surface area contributed by atoms with Crippen LogP contribution in [0.3, 0.4) is 0 Å². The van der Waals surface area contributed by atoms with Crippen LogP contribution in [0.5, 0.6) is 0 Å². The van der Waals surface area contributed by atoms with Gasteiger partial charge in [0.05, 0.1) is 0 Å². The van der Waals surface area contributed by atoms with E-state index >= 15 is 0 Å². The van der Waals surface area contributed by atoms with E-state index < -0.39 is 40.8 Å². The topological polar surface area (TPSA) is 92.2 Å². The van der Waals surface area contributed by atoms with Crippen LogP contribution in [0.25, 0.3) is 0 Å². The van der Waals surface area contributed by atoms with Gasteiger partial charge in [-0.1, -0.05) is 39.5 Å². The highest BCUT2D eigenvalue weighted by Crippen LogP contribution is 2.18. The molecule has 158 valence electrons. The first kappa shape index (κ1) is 27.2. The Labute approximate surface area is 172 Å². The number of rotatable bonds is 17. The lowest BCUT2D eigenvalue weighted by molar-refractivity contribution is 0.561. The standard InChI is InChI=1S/C18H38O4S4/c1-5-17(3)25(21)23(19)15-13-11-9-7-8-10-12-14-16-24(20)26(22)18(4)6-2/h17-18H,5-16H2,1-4H3. The second-order valence-corrected chi connectivity index (χ2v) is 15.7. The molecule has 0 heterocycles. The summed E-state index contributed by atoms with van der Waals surface area (Å²) in [5, 5.41) is 0.0422. The van der Waals surface area contributed by atoms with Crippen molar-refractivity contribution in [1.82, 2.24) is 0 Å². The highest BCUT2D eigenvalue weighted by Gasteiger charge is 2.30. The van der Waals surface area contributed by atoms with E-state index in [0.29, 0.717) is 11.5 Å². The van der Waals surface area contributed by atoms with E-state index in [0.717, 1.165) is 64.2 Å². The molecule has 0 aliphatic rings. The van der Waals surface area contributed by atoms with Gasteiger partial charge in [-0.25, -0.2) is 0 Å². The van der Waals surface area contributed by atoms with E-state index in [4.69, 9.17) is 0 Å². The summed E-state index contributed by atoms with van der Waals surface area (Å²) in [6, 6.07) is 0. The fraction of sp³-hybridized carbons (Fsp3) is 1.00. The van der Waals surface area contributed by atoms with Gasteiger partial charge in [0.25, 0.3) is 0 Å². The molecule has 0 aromatic heterocycles. The number of unbranched alkanes of at least 4 members (excludes halogenated alkanes) is 7. The van der Waals surface area contributed by atoms with Crippen LogP contribution in [-0.2, 0) is 40.8 Å². The summed E-state index contributed by atoms with van der Waals surface area (Å²) in [5.41, 5.74) is 0. The first-order chi connectivity index (χ1) is 12.3. The van der Waals surface area contributed by atoms with Gasteiger partial charge in [-0.3, -0.25) is 0 Å². The Balaban J connectivity index is 3.49. The zero-order chi connectivity index (χ0) is 19.9. The molecule has 0 spiro atoms. The SMILES string of the molecule is CCC(C)[S+]([O-])[S+]([O-])CCCCCCCCCC[S+]([O-])[S+]([O-])C(C)CC. The predicted octanol–water partition coefficient (Wildman–Crippen LogP) is 4.53. The summed E-state index contributed by atoms with van der Waals surface area (Å²) in [7, 11) is -4.82. The second kappa shape index (κ2) is 17.1. The molecule has 0 aromatic rings. The van der Waals surface area contributed by atoms with Crippen molar-refractivity contribution >= 4 is 40.8 Å². The summed E-state index contributed by atoms with van der Waals surface area (Å²) in [6.45, 7) is 7.74. The van der Waals surface area contributed by atoms with Gasteiger partial charge in [0.15, 0.2) is 62.8 Å². The molecule has 0 amide bonds. The minimum atomic E-state index is -1.21. The van der Waals surface area contributed by atoms with E-state index in [1.165, 1.54) is 0 Å². The molecule has 0 radical (unpaired) electrons. The van der Waals surface area contributed by atoms with Crippen molar-refractivity contribution in [2.24, 2.45) is 0 Å². The normalized spacial score (nSPS) is 18.9. The van der Waals surface area contributed by atoms with Gasteiger partial charge in [-0.05, 0) is 52.4 Å². The lowest BCUT2D eigenvalue weighted by Crippen LogP contribution is -2.28. The molecule has 4 nitrogen and oxygen atoms in total. The Morgan fingerprint density at radius 3 is 1.08 bits per heavy atom. The Kier molecular flexibility index (Phi) is 17.9. The lowest BCUT2D eigenvalue weighted by atomic mass is 10.1. The van der Waals surface area contributed by atoms with Crippen LogP contribution in [0.15, 0.2) is 0 Å². The summed E-state index contributed by atoms with van der Waals surface area (Å²) < 4.78 is 47.5. The number of hydrogen-bond acceptors (Lipinski definition) is 4. The molecule has 0 aliphatic heterocycles. The van der Waals surface area contributed by atoms with Gasteiger partial charge in [-0.15, -0.1) is 0 Å². The third-order valence-electron chi connectivity index (χ3n) is 4.55. The summed E-state index contributed by atoms with van der Waals surface area (Å²) in [5.74, 6) is 1.10. The maximum atomic E-state index is 11.9. The Morgan fingerprint density at radius 2 is 0.808 bits per heavy atom. The van der Waals surface area contributed by atoms with Crippen LogP contribution in [0.1, 0.15) is 91.9 Å². The molecular formula is C18H38O4S4. The molecule has 0 N–H and O–H groups in total. The van der Waals surface area contributed by atoms with E-state index in [1.807, 2.05) is 27.7 Å². The molecule has 8 heteroatoms. The zero-order valence-corrected chi connectivity index (χ0v) is 20.2. The Morgan fingerprint density at radius 1 is 0.538 bits per heavy atom. The van der Waals surface area contributed by atoms with E-state index in [1.54, 1.807) is 0 Å². The van der Waals surface area contributed by atoms with Crippen LogP contribution in [0, 0.1) is 0 Å². The molecule has 26 heavy (non-hydrogen) atoms. The molecule has 0 rings (SSSR count). The molecule has 0 fully saturated rings. The van der Waals surface area contributed by atoms with Gasteiger partial charge >= 0.3 is 0 Å². The van der Waals surface area contributed by atoms with Crippen LogP contribution in [0.2, 0.25) is 0 Å². The van der Waals surface area contributed by atoms with E-state index in [9.17, 15) is 18.2 Å². The molecule has 0 aliphatic carbocycles. The van der Waals surface area contributed by atoms with Gasteiger partial charge in [-0.2, -0.15) is 0 Å². The van der Waals surface area contributed by atoms with Crippen molar-refractivity contribution in [2.45, 2.75) is 102 Å². The van der Waals surface area contributed by atoms with E-state index in [-0.39, 0.29) is 10.5 Å². The highest BCUT2D eigenvalue weighted by atomic mass is 33.2. The minimum absolute atomic E-state index is 0.0211. The predicted molar refractivity (Wildman–Crippen MR) is 119 cm³/mol. The van der Waals surface area contributed by atoms with Crippen LogP contribution >= 0.6 is 0 Å². The van der Waals surface area contributed by atoms with Crippen LogP contribution in [-0.4, -0.2) is 40.2 Å². The third kappa shape index (κ3) is 12.6. The molecular weight excluding hydrogens is 408 g/mol. The first-order valence-electron chi connectivity index (χ1n) is 9.93. The van der Waals surface area contributed by atoms with Gasteiger partial charge in [0.2, 0.25) is 0 Å². The van der Waals surface area contributed by atoms with Crippen LogP contribution in [0.4, 0.5) is 0 Å². The molecule has 0 aromatic carbocycles. The van der Waals surface area contributed by atoms with Crippen LogP contribution < -0.4 is 0 Å². The number of hydrogen-bond donors (Lipinski definition) is 0. The largest absolute Gasteiger partial charge is 0.571 e. The minimum Gasteiger partial charge on any atom is -0.571 e. The maximum absolute atomic E-state index is 11.9. The lowest BCUT2D eigenvalue weighted by Gasteiger charge is -2.16. The summed E-state index contributed by atoms with van der Waals surface area (Å²) >= 11 is 0. The van der Waals surface area contributed by atoms with Crippen molar-refractivity contribution in [3.63, 3.8) is 0 Å².